The SMILES string of the molecule is Cc1ccccc1N1N=C(C(F)(F)F)CC1CC(=O)Nc1c(C)cccc1C(=O)NC(C)(C)C. The van der Waals surface area contributed by atoms with Gasteiger partial charge >= 0.3 is 6.18 Å². The number of benzene rings is 2. The van der Waals surface area contributed by atoms with Gasteiger partial charge in [-0.2, -0.15) is 18.3 Å². The summed E-state index contributed by atoms with van der Waals surface area (Å²) in [5.41, 5.74) is 1.16. The van der Waals surface area contributed by atoms with Crippen molar-refractivity contribution in [2.45, 2.75) is 65.2 Å². The van der Waals surface area contributed by atoms with Crippen LogP contribution in [0.2, 0.25) is 0 Å². The second-order valence-electron chi connectivity index (χ2n) is 9.49. The van der Waals surface area contributed by atoms with Crippen LogP contribution in [0.1, 0.15) is 55.1 Å². The Morgan fingerprint density at radius 2 is 1.68 bits per heavy atom. The van der Waals surface area contributed by atoms with Crippen LogP contribution in [0.15, 0.2) is 47.6 Å². The molecular formula is C25H29F3N4O2. The summed E-state index contributed by atoms with van der Waals surface area (Å²) in [6, 6.07) is 11.2. The Balaban J connectivity index is 1.84. The third-order valence-corrected chi connectivity index (χ3v) is 5.38. The summed E-state index contributed by atoms with van der Waals surface area (Å²) in [6.45, 7) is 9.07. The standard InChI is InChI=1S/C25H29F3N4O2/c1-15-9-6-7-12-19(15)32-17(13-20(31-32)25(26,27)28)14-21(33)29-22-16(2)10-8-11-18(22)23(34)30-24(3,4)5/h6-12,17H,13-14H2,1-5H3,(H,29,33)(H,30,34). The molecule has 0 radical (unpaired) electrons. The third kappa shape index (κ3) is 5.95. The lowest BCUT2D eigenvalue weighted by Crippen LogP contribution is -2.41. The summed E-state index contributed by atoms with van der Waals surface area (Å²) < 4.78 is 40.3. The van der Waals surface area contributed by atoms with Crippen LogP contribution in [-0.2, 0) is 4.79 Å². The number of nitrogens with zero attached hydrogens (tertiary/aromatic N) is 2. The van der Waals surface area contributed by atoms with Gasteiger partial charge in [0, 0.05) is 18.4 Å². The van der Waals surface area contributed by atoms with Gasteiger partial charge in [-0.3, -0.25) is 14.6 Å². The van der Waals surface area contributed by atoms with E-state index in [1.54, 1.807) is 56.3 Å². The molecule has 1 heterocycles. The topological polar surface area (TPSA) is 73.8 Å². The third-order valence-electron chi connectivity index (χ3n) is 5.38. The van der Waals surface area contributed by atoms with Gasteiger partial charge in [-0.25, -0.2) is 0 Å². The number of hydrazone groups is 1. The van der Waals surface area contributed by atoms with E-state index in [1.165, 1.54) is 5.01 Å². The van der Waals surface area contributed by atoms with Gasteiger partial charge in [0.1, 0.15) is 5.71 Å². The van der Waals surface area contributed by atoms with E-state index in [2.05, 4.69) is 15.7 Å². The first-order chi connectivity index (χ1) is 15.8. The van der Waals surface area contributed by atoms with Crippen LogP contribution in [0.3, 0.4) is 0 Å². The highest BCUT2D eigenvalue weighted by molar-refractivity contribution is 6.05. The van der Waals surface area contributed by atoms with Crippen molar-refractivity contribution in [1.29, 1.82) is 0 Å². The Bertz CT molecular complexity index is 1120. The van der Waals surface area contributed by atoms with Crippen molar-refractivity contribution in [3.05, 3.63) is 59.2 Å². The summed E-state index contributed by atoms with van der Waals surface area (Å²) in [5, 5.41) is 10.7. The summed E-state index contributed by atoms with van der Waals surface area (Å²) in [6.07, 6.45) is -5.22. The maximum atomic E-state index is 13.4. The van der Waals surface area contributed by atoms with Gasteiger partial charge in [0.15, 0.2) is 0 Å². The minimum atomic E-state index is -4.58. The Morgan fingerprint density at radius 1 is 1.03 bits per heavy atom. The minimum Gasteiger partial charge on any atom is -0.347 e. The first-order valence-corrected chi connectivity index (χ1v) is 11.0. The van der Waals surface area contributed by atoms with E-state index in [0.29, 0.717) is 16.9 Å². The Labute approximate surface area is 197 Å². The van der Waals surface area contributed by atoms with Crippen molar-refractivity contribution in [3.8, 4) is 0 Å². The number of aryl methyl sites for hydroxylation is 2. The quantitative estimate of drug-likeness (QED) is 0.613. The van der Waals surface area contributed by atoms with Gasteiger partial charge < -0.3 is 10.6 Å². The first kappa shape index (κ1) is 25.3. The first-order valence-electron chi connectivity index (χ1n) is 11.0. The van der Waals surface area contributed by atoms with Gasteiger partial charge in [-0.15, -0.1) is 0 Å². The Kier molecular flexibility index (Phi) is 7.05. The van der Waals surface area contributed by atoms with Gasteiger partial charge in [0.25, 0.3) is 5.91 Å². The van der Waals surface area contributed by atoms with Crippen LogP contribution in [0.4, 0.5) is 24.5 Å². The molecule has 2 aromatic rings. The number of nitrogens with one attached hydrogen (secondary N) is 2. The van der Waals surface area contributed by atoms with Gasteiger partial charge in [0.05, 0.1) is 23.0 Å². The number of amides is 2. The fourth-order valence-corrected chi connectivity index (χ4v) is 3.80. The number of rotatable bonds is 5. The molecular weight excluding hydrogens is 445 g/mol. The number of carbonyl (C=O) groups excluding carboxylic acids is 2. The summed E-state index contributed by atoms with van der Waals surface area (Å²) >= 11 is 0. The maximum Gasteiger partial charge on any atom is 0.431 e. The zero-order valence-electron chi connectivity index (χ0n) is 19.9. The molecule has 2 N–H and O–H groups in total. The zero-order valence-corrected chi connectivity index (χ0v) is 19.9. The molecule has 0 saturated carbocycles. The number of anilines is 2. The molecule has 0 spiro atoms. The smallest absolute Gasteiger partial charge is 0.347 e. The average Bonchev–Trinajstić information content (AvgIpc) is 3.12. The fraction of sp³-hybridized carbons (Fsp3) is 0.400. The molecule has 0 saturated heterocycles. The molecule has 0 aliphatic carbocycles. The molecule has 34 heavy (non-hydrogen) atoms. The second-order valence-corrected chi connectivity index (χ2v) is 9.49. The molecule has 2 amide bonds. The number of alkyl halides is 3. The highest BCUT2D eigenvalue weighted by Crippen LogP contribution is 2.34. The monoisotopic (exact) mass is 474 g/mol. The molecule has 6 nitrogen and oxygen atoms in total. The second kappa shape index (κ2) is 9.48. The lowest BCUT2D eigenvalue weighted by molar-refractivity contribution is -0.116. The predicted octanol–water partition coefficient (Wildman–Crippen LogP) is 5.36. The van der Waals surface area contributed by atoms with E-state index >= 15 is 0 Å². The lowest BCUT2D eigenvalue weighted by Gasteiger charge is -2.25. The minimum absolute atomic E-state index is 0.230. The molecule has 0 fully saturated rings. The van der Waals surface area contributed by atoms with Gasteiger partial charge in [-0.05, 0) is 57.9 Å². The molecule has 1 aliphatic rings. The average molecular weight is 475 g/mol. The molecule has 1 aliphatic heterocycles. The van der Waals surface area contributed by atoms with E-state index in [9.17, 15) is 22.8 Å². The number of para-hydroxylation sites is 2. The fourth-order valence-electron chi connectivity index (χ4n) is 3.80. The molecule has 0 bridgehead atoms. The van der Waals surface area contributed by atoms with E-state index in [1.807, 2.05) is 20.8 Å². The molecule has 182 valence electrons. The van der Waals surface area contributed by atoms with E-state index in [-0.39, 0.29) is 17.9 Å². The molecule has 9 heteroatoms. The highest BCUT2D eigenvalue weighted by atomic mass is 19.4. The Hall–Kier alpha value is -3.36. The normalized spacial score (nSPS) is 16.3. The summed E-state index contributed by atoms with van der Waals surface area (Å²) in [7, 11) is 0. The number of hydrogen-bond acceptors (Lipinski definition) is 4. The van der Waals surface area contributed by atoms with Gasteiger partial charge in [-0.1, -0.05) is 30.3 Å². The van der Waals surface area contributed by atoms with Crippen LogP contribution in [0, 0.1) is 13.8 Å². The number of hydrogen-bond donors (Lipinski definition) is 2. The largest absolute Gasteiger partial charge is 0.431 e. The van der Waals surface area contributed by atoms with E-state index in [0.717, 1.165) is 5.56 Å². The predicted molar refractivity (Wildman–Crippen MR) is 127 cm³/mol. The van der Waals surface area contributed by atoms with E-state index < -0.39 is 35.8 Å². The molecule has 3 rings (SSSR count). The summed E-state index contributed by atoms with van der Waals surface area (Å²) in [4.78, 5) is 25.8. The van der Waals surface area contributed by atoms with E-state index in [4.69, 9.17) is 0 Å². The van der Waals surface area contributed by atoms with Crippen LogP contribution < -0.4 is 15.6 Å². The van der Waals surface area contributed by atoms with Crippen LogP contribution in [0.25, 0.3) is 0 Å². The summed E-state index contributed by atoms with van der Waals surface area (Å²) in [5.74, 6) is -0.849. The maximum absolute atomic E-state index is 13.4. The number of halogens is 3. The van der Waals surface area contributed by atoms with Crippen molar-refractivity contribution in [2.24, 2.45) is 5.10 Å². The van der Waals surface area contributed by atoms with Gasteiger partial charge in [0.2, 0.25) is 5.91 Å². The molecule has 0 aromatic heterocycles. The van der Waals surface area contributed by atoms with Crippen molar-refractivity contribution in [3.63, 3.8) is 0 Å². The van der Waals surface area contributed by atoms with Crippen molar-refractivity contribution < 1.29 is 22.8 Å². The highest BCUT2D eigenvalue weighted by Gasteiger charge is 2.44. The Morgan fingerprint density at radius 3 is 2.29 bits per heavy atom. The molecule has 1 unspecified atom stereocenters. The molecule has 2 aromatic carbocycles. The van der Waals surface area contributed by atoms with Crippen LogP contribution >= 0.6 is 0 Å². The van der Waals surface area contributed by atoms with Crippen molar-refractivity contribution in [1.82, 2.24) is 5.32 Å². The van der Waals surface area contributed by atoms with Crippen LogP contribution in [0.5, 0.6) is 0 Å². The van der Waals surface area contributed by atoms with Crippen LogP contribution in [-0.4, -0.2) is 35.3 Å². The van der Waals surface area contributed by atoms with Crippen molar-refractivity contribution in [2.75, 3.05) is 10.3 Å². The lowest BCUT2D eigenvalue weighted by atomic mass is 10.0. The molecule has 1 atom stereocenters. The zero-order chi connectivity index (χ0) is 25.3. The number of carbonyl (C=O) groups is 2. The van der Waals surface area contributed by atoms with Crippen molar-refractivity contribution >= 4 is 28.9 Å².